The Hall–Kier alpha value is -0.820. The first-order valence-electron chi connectivity index (χ1n) is 8.19. The molecule has 1 aromatic rings. The molecule has 0 radical (unpaired) electrons. The fourth-order valence-electron chi connectivity index (χ4n) is 3.85. The van der Waals surface area contributed by atoms with Gasteiger partial charge in [-0.15, -0.1) is 0 Å². The van der Waals surface area contributed by atoms with E-state index in [1.807, 2.05) is 0 Å². The molecule has 1 atom stereocenters. The van der Waals surface area contributed by atoms with Crippen LogP contribution in [0.4, 0.5) is 0 Å². The number of nitrogens with two attached hydrogens (primary N) is 1. The van der Waals surface area contributed by atoms with Gasteiger partial charge in [-0.05, 0) is 42.2 Å². The first-order valence-corrected chi connectivity index (χ1v) is 8.19. The molecule has 2 fully saturated rings. The molecule has 104 valence electrons. The van der Waals surface area contributed by atoms with Gasteiger partial charge in [-0.1, -0.05) is 62.8 Å². The highest BCUT2D eigenvalue weighted by Gasteiger charge is 2.25. The van der Waals surface area contributed by atoms with Crippen LogP contribution in [0, 0.1) is 5.92 Å². The van der Waals surface area contributed by atoms with Crippen LogP contribution in [0.25, 0.3) is 0 Å². The third-order valence-corrected chi connectivity index (χ3v) is 5.25. The summed E-state index contributed by atoms with van der Waals surface area (Å²) in [6.07, 6.45) is 12.4. The van der Waals surface area contributed by atoms with Crippen molar-refractivity contribution in [1.29, 1.82) is 0 Å². The van der Waals surface area contributed by atoms with Crippen molar-refractivity contribution in [2.75, 3.05) is 0 Å². The lowest BCUT2D eigenvalue weighted by Crippen LogP contribution is -2.21. The highest BCUT2D eigenvalue weighted by atomic mass is 14.6. The second-order valence-corrected chi connectivity index (χ2v) is 6.60. The summed E-state index contributed by atoms with van der Waals surface area (Å²) in [4.78, 5) is 0. The highest BCUT2D eigenvalue weighted by molar-refractivity contribution is 5.34. The molecule has 1 aromatic carbocycles. The minimum atomic E-state index is 0.264. The van der Waals surface area contributed by atoms with Crippen LogP contribution in [0.15, 0.2) is 24.3 Å². The monoisotopic (exact) mass is 257 g/mol. The third-order valence-electron chi connectivity index (χ3n) is 5.25. The molecule has 0 saturated heterocycles. The standard InChI is InChI=1S/C18H27N/c19-18(13-14-7-2-1-3-8-14)17-12-5-4-11-16(17)15-9-6-10-15/h4-5,11-12,14-15,18H,1-3,6-10,13,19H2. The quantitative estimate of drug-likeness (QED) is 0.813. The average Bonchev–Trinajstić information content (AvgIpc) is 2.38. The fraction of sp³-hybridized carbons (Fsp3) is 0.667. The van der Waals surface area contributed by atoms with Crippen molar-refractivity contribution < 1.29 is 0 Å². The molecule has 1 unspecified atom stereocenters. The average molecular weight is 257 g/mol. The van der Waals surface area contributed by atoms with E-state index in [9.17, 15) is 0 Å². The van der Waals surface area contributed by atoms with Gasteiger partial charge in [0, 0.05) is 6.04 Å². The molecule has 1 nitrogen and oxygen atoms in total. The Labute approximate surface area is 117 Å². The summed E-state index contributed by atoms with van der Waals surface area (Å²) < 4.78 is 0. The van der Waals surface area contributed by atoms with Crippen LogP contribution in [0.3, 0.4) is 0 Å². The van der Waals surface area contributed by atoms with E-state index < -0.39 is 0 Å². The van der Waals surface area contributed by atoms with Gasteiger partial charge < -0.3 is 5.73 Å². The van der Waals surface area contributed by atoms with Gasteiger partial charge >= 0.3 is 0 Å². The number of hydrogen-bond donors (Lipinski definition) is 1. The molecule has 0 aromatic heterocycles. The van der Waals surface area contributed by atoms with Crippen molar-refractivity contribution in [3.63, 3.8) is 0 Å². The SMILES string of the molecule is NC(CC1CCCCC1)c1ccccc1C1CCC1. The number of hydrogen-bond acceptors (Lipinski definition) is 1. The topological polar surface area (TPSA) is 26.0 Å². The molecule has 0 amide bonds. The van der Waals surface area contributed by atoms with Crippen molar-refractivity contribution in [1.82, 2.24) is 0 Å². The lowest BCUT2D eigenvalue weighted by atomic mass is 9.75. The normalized spacial score (nSPS) is 23.0. The Morgan fingerprint density at radius 1 is 0.947 bits per heavy atom. The number of benzene rings is 1. The molecule has 2 aliphatic rings. The van der Waals surface area contributed by atoms with Crippen molar-refractivity contribution in [3.8, 4) is 0 Å². The predicted octanol–water partition coefficient (Wildman–Crippen LogP) is 4.92. The van der Waals surface area contributed by atoms with Gasteiger partial charge in [-0.25, -0.2) is 0 Å². The van der Waals surface area contributed by atoms with E-state index in [1.165, 1.54) is 63.4 Å². The Bertz CT molecular complexity index is 402. The molecule has 0 aliphatic heterocycles. The Balaban J connectivity index is 1.69. The smallest absolute Gasteiger partial charge is 0.0300 e. The van der Waals surface area contributed by atoms with Gasteiger partial charge in [-0.2, -0.15) is 0 Å². The zero-order valence-corrected chi connectivity index (χ0v) is 12.0. The highest BCUT2D eigenvalue weighted by Crippen LogP contribution is 2.40. The summed E-state index contributed by atoms with van der Waals surface area (Å²) in [6.45, 7) is 0. The molecule has 19 heavy (non-hydrogen) atoms. The Morgan fingerprint density at radius 2 is 1.68 bits per heavy atom. The molecule has 3 rings (SSSR count). The first-order chi connectivity index (χ1) is 9.34. The zero-order valence-electron chi connectivity index (χ0n) is 12.0. The Morgan fingerprint density at radius 3 is 2.37 bits per heavy atom. The zero-order chi connectivity index (χ0) is 13.1. The van der Waals surface area contributed by atoms with E-state index in [0.717, 1.165) is 11.8 Å². The van der Waals surface area contributed by atoms with Crippen LogP contribution in [0.5, 0.6) is 0 Å². The van der Waals surface area contributed by atoms with Crippen LogP contribution in [-0.4, -0.2) is 0 Å². The van der Waals surface area contributed by atoms with Gasteiger partial charge in [0.2, 0.25) is 0 Å². The van der Waals surface area contributed by atoms with E-state index >= 15 is 0 Å². The maximum absolute atomic E-state index is 6.54. The lowest BCUT2D eigenvalue weighted by molar-refractivity contribution is 0.317. The number of rotatable bonds is 4. The van der Waals surface area contributed by atoms with Crippen LogP contribution >= 0.6 is 0 Å². The van der Waals surface area contributed by atoms with E-state index in [-0.39, 0.29) is 6.04 Å². The molecule has 1 heteroatoms. The second-order valence-electron chi connectivity index (χ2n) is 6.60. The largest absolute Gasteiger partial charge is 0.324 e. The van der Waals surface area contributed by atoms with Crippen molar-refractivity contribution in [3.05, 3.63) is 35.4 Å². The van der Waals surface area contributed by atoms with Gasteiger partial charge in [0.1, 0.15) is 0 Å². The van der Waals surface area contributed by atoms with E-state index in [2.05, 4.69) is 24.3 Å². The molecule has 2 aliphatic carbocycles. The third kappa shape index (κ3) is 3.02. The Kier molecular flexibility index (Phi) is 4.22. The van der Waals surface area contributed by atoms with Crippen molar-refractivity contribution in [2.45, 2.75) is 69.7 Å². The molecular formula is C18H27N. The van der Waals surface area contributed by atoms with E-state index in [1.54, 1.807) is 5.56 Å². The van der Waals surface area contributed by atoms with Crippen LogP contribution in [0.1, 0.15) is 80.9 Å². The summed E-state index contributed by atoms with van der Waals surface area (Å²) >= 11 is 0. The lowest BCUT2D eigenvalue weighted by Gasteiger charge is -2.31. The minimum absolute atomic E-state index is 0.264. The summed E-state index contributed by atoms with van der Waals surface area (Å²) in [7, 11) is 0. The predicted molar refractivity (Wildman–Crippen MR) is 81.2 cm³/mol. The van der Waals surface area contributed by atoms with Crippen molar-refractivity contribution >= 4 is 0 Å². The summed E-state index contributed by atoms with van der Waals surface area (Å²) in [5.74, 6) is 1.67. The molecule has 0 spiro atoms. The van der Waals surface area contributed by atoms with Gasteiger partial charge in [0.05, 0.1) is 0 Å². The van der Waals surface area contributed by atoms with E-state index in [0.29, 0.717) is 0 Å². The van der Waals surface area contributed by atoms with Gasteiger partial charge in [-0.3, -0.25) is 0 Å². The summed E-state index contributed by atoms with van der Waals surface area (Å²) in [5.41, 5.74) is 9.54. The first kappa shape index (κ1) is 13.2. The fourth-order valence-corrected chi connectivity index (χ4v) is 3.85. The maximum Gasteiger partial charge on any atom is 0.0300 e. The second kappa shape index (κ2) is 6.09. The van der Waals surface area contributed by atoms with Gasteiger partial charge in [0.25, 0.3) is 0 Å². The van der Waals surface area contributed by atoms with Crippen LogP contribution < -0.4 is 5.73 Å². The molecule has 2 N–H and O–H groups in total. The summed E-state index contributed by atoms with van der Waals surface area (Å²) in [6, 6.07) is 9.21. The van der Waals surface area contributed by atoms with Crippen LogP contribution in [-0.2, 0) is 0 Å². The minimum Gasteiger partial charge on any atom is -0.324 e. The molecule has 0 bridgehead atoms. The maximum atomic E-state index is 6.54. The molecule has 2 saturated carbocycles. The summed E-state index contributed by atoms with van der Waals surface area (Å²) in [5, 5.41) is 0. The molecular weight excluding hydrogens is 230 g/mol. The van der Waals surface area contributed by atoms with E-state index in [4.69, 9.17) is 5.73 Å². The van der Waals surface area contributed by atoms with Gasteiger partial charge in [0.15, 0.2) is 0 Å². The molecule has 0 heterocycles. The van der Waals surface area contributed by atoms with Crippen molar-refractivity contribution in [2.24, 2.45) is 11.7 Å². The van der Waals surface area contributed by atoms with Crippen LogP contribution in [0.2, 0.25) is 0 Å².